The van der Waals surface area contributed by atoms with Crippen molar-refractivity contribution in [1.29, 1.82) is 0 Å². The summed E-state index contributed by atoms with van der Waals surface area (Å²) in [4.78, 5) is 29.7. The molecule has 0 spiro atoms. The molecule has 0 aromatic heterocycles. The van der Waals surface area contributed by atoms with E-state index in [0.29, 0.717) is 37.1 Å². The van der Waals surface area contributed by atoms with E-state index in [1.165, 1.54) is 12.8 Å². The number of nitrogens with zero attached hydrogens (tertiary/aromatic N) is 2. The Hall–Kier alpha value is -2.38. The van der Waals surface area contributed by atoms with Crippen LogP contribution in [0.25, 0.3) is 0 Å². The number of fused-ring (bicyclic) bond motifs is 1. The van der Waals surface area contributed by atoms with Gasteiger partial charge in [-0.25, -0.2) is 0 Å². The van der Waals surface area contributed by atoms with Gasteiger partial charge in [-0.1, -0.05) is 6.58 Å². The second-order valence-corrected chi connectivity index (χ2v) is 10.5. The summed E-state index contributed by atoms with van der Waals surface area (Å²) in [5.74, 6) is 0.620. The molecule has 5 rings (SSSR count). The van der Waals surface area contributed by atoms with Gasteiger partial charge in [-0.05, 0) is 82.6 Å². The van der Waals surface area contributed by atoms with Crippen LogP contribution >= 0.6 is 0 Å². The van der Waals surface area contributed by atoms with E-state index >= 15 is 0 Å². The highest BCUT2D eigenvalue weighted by atomic mass is 16.5. The molecule has 1 N–H and O–H groups in total. The maximum absolute atomic E-state index is 13.0. The summed E-state index contributed by atoms with van der Waals surface area (Å²) in [6, 6.07) is 5.79. The number of hydrogen-bond donors (Lipinski definition) is 1. The second kappa shape index (κ2) is 9.70. The molecule has 184 valence electrons. The molecule has 7 heteroatoms. The van der Waals surface area contributed by atoms with Gasteiger partial charge in [-0.15, -0.1) is 0 Å². The summed E-state index contributed by atoms with van der Waals surface area (Å²) in [5, 5.41) is 2.80. The Morgan fingerprint density at radius 3 is 2.62 bits per heavy atom. The predicted molar refractivity (Wildman–Crippen MR) is 129 cm³/mol. The number of hydrogen-bond acceptors (Lipinski definition) is 5. The van der Waals surface area contributed by atoms with Gasteiger partial charge in [-0.2, -0.15) is 0 Å². The lowest BCUT2D eigenvalue weighted by Gasteiger charge is -2.38. The number of amides is 2. The highest BCUT2D eigenvalue weighted by Gasteiger charge is 2.39. The van der Waals surface area contributed by atoms with Crippen LogP contribution in [0, 0.1) is 0 Å². The van der Waals surface area contributed by atoms with Crippen LogP contribution in [-0.4, -0.2) is 65.1 Å². The first-order valence-corrected chi connectivity index (χ1v) is 12.9. The molecule has 3 heterocycles. The van der Waals surface area contributed by atoms with Crippen LogP contribution in [0.1, 0.15) is 74.7 Å². The molecule has 1 unspecified atom stereocenters. The van der Waals surface area contributed by atoms with Gasteiger partial charge in [0.05, 0.1) is 12.2 Å². The van der Waals surface area contributed by atoms with E-state index in [2.05, 4.69) is 30.6 Å². The third-order valence-corrected chi connectivity index (χ3v) is 7.72. The predicted octanol–water partition coefficient (Wildman–Crippen LogP) is 3.62. The maximum Gasteiger partial charge on any atom is 0.255 e. The minimum absolute atomic E-state index is 0.0700. The van der Waals surface area contributed by atoms with Gasteiger partial charge in [0.1, 0.15) is 17.9 Å². The SMILES string of the molecule is C=C1CCC(N2Cc3cc(O[C@H]4CCC[C@@H]4N4CCC(OC(C)C)CC4)ccc3C2=O)C(=O)N1. The molecule has 34 heavy (non-hydrogen) atoms. The summed E-state index contributed by atoms with van der Waals surface area (Å²) >= 11 is 0. The van der Waals surface area contributed by atoms with Crippen LogP contribution < -0.4 is 10.1 Å². The van der Waals surface area contributed by atoms with Gasteiger partial charge < -0.3 is 19.7 Å². The van der Waals surface area contributed by atoms with Crippen molar-refractivity contribution in [1.82, 2.24) is 15.1 Å². The molecule has 0 radical (unpaired) electrons. The lowest BCUT2D eigenvalue weighted by Crippen LogP contribution is -2.49. The Morgan fingerprint density at radius 2 is 1.88 bits per heavy atom. The summed E-state index contributed by atoms with van der Waals surface area (Å²) in [6.07, 6.45) is 7.72. The summed E-state index contributed by atoms with van der Waals surface area (Å²) < 4.78 is 12.5. The minimum atomic E-state index is -0.434. The molecule has 2 saturated heterocycles. The van der Waals surface area contributed by atoms with Gasteiger partial charge in [-0.3, -0.25) is 14.5 Å². The number of benzene rings is 1. The topological polar surface area (TPSA) is 71.1 Å². The van der Waals surface area contributed by atoms with Crippen LogP contribution in [0.5, 0.6) is 5.75 Å². The van der Waals surface area contributed by atoms with E-state index in [1.54, 1.807) is 4.90 Å². The van der Waals surface area contributed by atoms with Crippen molar-refractivity contribution in [2.45, 2.75) is 95.7 Å². The van der Waals surface area contributed by atoms with Crippen molar-refractivity contribution < 1.29 is 19.1 Å². The lowest BCUT2D eigenvalue weighted by molar-refractivity contribution is -0.126. The summed E-state index contributed by atoms with van der Waals surface area (Å²) in [6.45, 7) is 10.6. The van der Waals surface area contributed by atoms with Crippen molar-refractivity contribution >= 4 is 11.8 Å². The first-order chi connectivity index (χ1) is 16.4. The van der Waals surface area contributed by atoms with Gasteiger partial charge in [0, 0.05) is 36.9 Å². The van der Waals surface area contributed by atoms with Crippen LogP contribution in [0.3, 0.4) is 0 Å². The van der Waals surface area contributed by atoms with Gasteiger partial charge in [0.15, 0.2) is 0 Å². The van der Waals surface area contributed by atoms with Gasteiger partial charge >= 0.3 is 0 Å². The molecular weight excluding hydrogens is 430 g/mol. The van der Waals surface area contributed by atoms with E-state index in [-0.39, 0.29) is 24.0 Å². The molecule has 7 nitrogen and oxygen atoms in total. The molecule has 1 aromatic rings. The Labute approximate surface area is 202 Å². The standard InChI is InChI=1S/C27H37N3O4/c1-17(2)33-20-11-13-29(14-12-20)23-5-4-6-25(23)34-21-8-9-22-19(15-21)16-30(27(22)32)24-10-7-18(3)28-26(24)31/h8-9,15,17,20,23-25H,3-7,10-14,16H2,1-2H3,(H,28,31)/t23-,24?,25-/m0/s1. The van der Waals surface area contributed by atoms with Crippen LogP contribution in [0.2, 0.25) is 0 Å². The fourth-order valence-electron chi connectivity index (χ4n) is 6.07. The van der Waals surface area contributed by atoms with Crippen molar-refractivity contribution in [2.24, 2.45) is 0 Å². The molecule has 2 amide bonds. The molecule has 4 aliphatic rings. The second-order valence-electron chi connectivity index (χ2n) is 10.5. The number of carbonyl (C=O) groups excluding carboxylic acids is 2. The van der Waals surface area contributed by atoms with Crippen molar-refractivity contribution in [3.63, 3.8) is 0 Å². The number of carbonyl (C=O) groups is 2. The number of nitrogens with one attached hydrogen (secondary N) is 1. The Bertz CT molecular complexity index is 953. The number of piperidine rings is 2. The molecule has 1 saturated carbocycles. The van der Waals surface area contributed by atoms with Crippen molar-refractivity contribution in [3.05, 3.63) is 41.6 Å². The van der Waals surface area contributed by atoms with Crippen molar-refractivity contribution in [3.8, 4) is 5.75 Å². The average Bonchev–Trinajstić information content (AvgIpc) is 3.38. The highest BCUT2D eigenvalue weighted by molar-refractivity contribution is 6.01. The largest absolute Gasteiger partial charge is 0.489 e. The maximum atomic E-state index is 13.0. The van der Waals surface area contributed by atoms with Crippen LogP contribution in [0.15, 0.2) is 30.5 Å². The fraction of sp³-hybridized carbons (Fsp3) is 0.630. The third-order valence-electron chi connectivity index (χ3n) is 7.72. The van der Waals surface area contributed by atoms with E-state index in [0.717, 1.165) is 49.4 Å². The molecule has 0 bridgehead atoms. The van der Waals surface area contributed by atoms with Gasteiger partial charge in [0.2, 0.25) is 5.91 Å². The molecule has 1 aliphatic carbocycles. The zero-order valence-electron chi connectivity index (χ0n) is 20.4. The number of ether oxygens (including phenoxy) is 2. The zero-order valence-corrected chi connectivity index (χ0v) is 20.4. The van der Waals surface area contributed by atoms with Gasteiger partial charge in [0.25, 0.3) is 5.91 Å². The zero-order chi connectivity index (χ0) is 23.8. The monoisotopic (exact) mass is 467 g/mol. The highest BCUT2D eigenvalue weighted by Crippen LogP contribution is 2.34. The molecule has 3 fully saturated rings. The third kappa shape index (κ3) is 4.73. The van der Waals surface area contributed by atoms with E-state index in [1.807, 2.05) is 18.2 Å². The lowest BCUT2D eigenvalue weighted by atomic mass is 10.0. The van der Waals surface area contributed by atoms with E-state index in [4.69, 9.17) is 9.47 Å². The average molecular weight is 468 g/mol. The summed E-state index contributed by atoms with van der Waals surface area (Å²) in [5.41, 5.74) is 2.35. The number of rotatable bonds is 6. The normalized spacial score (nSPS) is 28.5. The smallest absolute Gasteiger partial charge is 0.255 e. The first kappa shape index (κ1) is 23.4. The number of allylic oxidation sites excluding steroid dienone is 1. The molecule has 3 aliphatic heterocycles. The van der Waals surface area contributed by atoms with Crippen molar-refractivity contribution in [2.75, 3.05) is 13.1 Å². The van der Waals surface area contributed by atoms with E-state index < -0.39 is 6.04 Å². The molecule has 1 aromatic carbocycles. The Balaban J connectivity index is 1.22. The minimum Gasteiger partial charge on any atom is -0.489 e. The molecule has 3 atom stereocenters. The Kier molecular flexibility index (Phi) is 6.67. The van der Waals surface area contributed by atoms with Crippen LogP contribution in [0.4, 0.5) is 0 Å². The van der Waals surface area contributed by atoms with Crippen LogP contribution in [-0.2, 0) is 16.1 Å². The molecular formula is C27H37N3O4. The first-order valence-electron chi connectivity index (χ1n) is 12.9. The number of likely N-dealkylation sites (tertiary alicyclic amines) is 1. The quantitative estimate of drug-likeness (QED) is 0.692. The van der Waals surface area contributed by atoms with E-state index in [9.17, 15) is 9.59 Å². The summed E-state index contributed by atoms with van der Waals surface area (Å²) in [7, 11) is 0. The fourth-order valence-corrected chi connectivity index (χ4v) is 6.07. The Morgan fingerprint density at radius 1 is 1.09 bits per heavy atom.